The Labute approximate surface area is 166 Å². The Bertz CT molecular complexity index is 535. The topological polar surface area (TPSA) is 24.1 Å². The first-order valence-corrected chi connectivity index (χ1v) is 11.0. The summed E-state index contributed by atoms with van der Waals surface area (Å²) in [5.74, 6) is 0. The van der Waals surface area contributed by atoms with E-state index in [4.69, 9.17) is 0 Å². The number of hydrogen-bond donors (Lipinski definition) is 2. The zero-order valence-corrected chi connectivity index (χ0v) is 16.9. The average molecular weight is 367 g/mol. The molecule has 27 heavy (non-hydrogen) atoms. The molecule has 2 nitrogen and oxygen atoms in total. The fourth-order valence-electron chi connectivity index (χ4n) is 3.58. The van der Waals surface area contributed by atoms with Crippen molar-refractivity contribution in [2.24, 2.45) is 0 Å². The van der Waals surface area contributed by atoms with Crippen LogP contribution in [-0.2, 0) is 0 Å². The molecule has 2 heteroatoms. The summed E-state index contributed by atoms with van der Waals surface area (Å²) >= 11 is 0. The Balaban J connectivity index is 1.86. The third kappa shape index (κ3) is 11.5. The number of nitrogens with one attached hydrogen (secondary N) is 2. The molecule has 0 atom stereocenters. The van der Waals surface area contributed by atoms with E-state index < -0.39 is 0 Å². The maximum absolute atomic E-state index is 3.61. The number of hydrazine groups is 1. The van der Waals surface area contributed by atoms with Gasteiger partial charge in [0, 0.05) is 11.7 Å². The molecule has 0 aromatic rings. The third-order valence-electron chi connectivity index (χ3n) is 5.22. The zero-order chi connectivity index (χ0) is 18.8. The standard InChI is InChI=1S/C25H38N2/c1-2-5-9-13-17-21-24(20-16-12-8-4-1)26-27-25-22-18-14-10-6-3-7-11-15-19-23-25/h3,6-7,10-11,14-15,18-19,22-24,26-27H,1-2,4-5,8-9,12-13,16-17,20-21H2/b6-3-,7-3?,10-6?,11-7-,14-10-,15-11?,18-14?,19-15-,22-18-,23-19?,25-22?,25-23+. The van der Waals surface area contributed by atoms with E-state index in [1.165, 1.54) is 77.0 Å². The monoisotopic (exact) mass is 366 g/mol. The molecule has 0 saturated heterocycles. The van der Waals surface area contributed by atoms with Crippen molar-refractivity contribution < 1.29 is 0 Å². The quantitative estimate of drug-likeness (QED) is 0.535. The van der Waals surface area contributed by atoms with E-state index in [1.807, 2.05) is 30.4 Å². The van der Waals surface area contributed by atoms with Crippen molar-refractivity contribution in [3.05, 3.63) is 72.5 Å². The van der Waals surface area contributed by atoms with Gasteiger partial charge in [0.15, 0.2) is 0 Å². The molecule has 2 aliphatic carbocycles. The Hall–Kier alpha value is -1.80. The first kappa shape index (κ1) is 21.5. The van der Waals surface area contributed by atoms with Crippen LogP contribution in [0.15, 0.2) is 72.5 Å². The largest absolute Gasteiger partial charge is 0.321 e. The zero-order valence-electron chi connectivity index (χ0n) is 16.9. The number of allylic oxidation sites excluding steroid dienone is 11. The second-order valence-corrected chi connectivity index (χ2v) is 7.60. The lowest BCUT2D eigenvalue weighted by atomic mass is 10.0. The van der Waals surface area contributed by atoms with Crippen LogP contribution in [0.4, 0.5) is 0 Å². The van der Waals surface area contributed by atoms with Crippen molar-refractivity contribution in [2.45, 2.75) is 83.1 Å². The molecule has 0 radical (unpaired) electrons. The van der Waals surface area contributed by atoms with Gasteiger partial charge in [0.05, 0.1) is 0 Å². The minimum Gasteiger partial charge on any atom is -0.321 e. The minimum absolute atomic E-state index is 0.559. The van der Waals surface area contributed by atoms with Gasteiger partial charge >= 0.3 is 0 Å². The minimum atomic E-state index is 0.559. The van der Waals surface area contributed by atoms with Gasteiger partial charge in [-0.1, -0.05) is 119 Å². The van der Waals surface area contributed by atoms with Crippen LogP contribution < -0.4 is 10.9 Å². The first-order valence-electron chi connectivity index (χ1n) is 11.0. The maximum Gasteiger partial charge on any atom is 0.0487 e. The summed E-state index contributed by atoms with van der Waals surface area (Å²) in [6.07, 6.45) is 39.3. The lowest BCUT2D eigenvalue weighted by molar-refractivity contribution is 0.389. The third-order valence-corrected chi connectivity index (χ3v) is 5.22. The summed E-state index contributed by atoms with van der Waals surface area (Å²) in [6, 6.07) is 0.559. The predicted molar refractivity (Wildman–Crippen MR) is 119 cm³/mol. The molecule has 0 aliphatic heterocycles. The normalized spacial score (nSPS) is 29.1. The number of rotatable bonds is 3. The Morgan fingerprint density at radius 1 is 0.519 bits per heavy atom. The van der Waals surface area contributed by atoms with Crippen LogP contribution in [0.3, 0.4) is 0 Å². The highest BCUT2D eigenvalue weighted by molar-refractivity contribution is 5.28. The van der Waals surface area contributed by atoms with Crippen molar-refractivity contribution in [1.82, 2.24) is 10.9 Å². The Kier molecular flexibility index (Phi) is 12.2. The fraction of sp³-hybridized carbons (Fsp3) is 0.520. The molecule has 0 aromatic carbocycles. The van der Waals surface area contributed by atoms with Gasteiger partial charge in [0.1, 0.15) is 0 Å². The molecule has 1 saturated carbocycles. The van der Waals surface area contributed by atoms with Crippen molar-refractivity contribution in [2.75, 3.05) is 0 Å². The Morgan fingerprint density at radius 3 is 1.52 bits per heavy atom. The van der Waals surface area contributed by atoms with E-state index in [0.29, 0.717) is 6.04 Å². The highest BCUT2D eigenvalue weighted by Gasteiger charge is 2.08. The summed E-state index contributed by atoms with van der Waals surface area (Å²) in [5, 5.41) is 0. The van der Waals surface area contributed by atoms with E-state index in [2.05, 4.69) is 47.3 Å². The fourth-order valence-corrected chi connectivity index (χ4v) is 3.58. The van der Waals surface area contributed by atoms with Gasteiger partial charge in [-0.05, 0) is 25.0 Å². The summed E-state index contributed by atoms with van der Waals surface area (Å²) in [5.41, 5.74) is 8.17. The second-order valence-electron chi connectivity index (χ2n) is 7.60. The van der Waals surface area contributed by atoms with Crippen molar-refractivity contribution in [3.63, 3.8) is 0 Å². The highest BCUT2D eigenvalue weighted by Crippen LogP contribution is 2.16. The van der Waals surface area contributed by atoms with Crippen LogP contribution in [0.1, 0.15) is 77.0 Å². The molecule has 0 aromatic heterocycles. The SMILES string of the molecule is C1=C\C=C/C=C\C(NNC2CCCCCCCCCCCC2)=C/C=C\C=C/1. The average Bonchev–Trinajstić information content (AvgIpc) is 2.69. The molecule has 2 aliphatic rings. The second kappa shape index (κ2) is 15.3. The first-order chi connectivity index (χ1) is 13.4. The van der Waals surface area contributed by atoms with Crippen molar-refractivity contribution in [1.29, 1.82) is 0 Å². The highest BCUT2D eigenvalue weighted by atomic mass is 15.4. The summed E-state index contributed by atoms with van der Waals surface area (Å²) in [7, 11) is 0. The molecule has 0 heterocycles. The van der Waals surface area contributed by atoms with Gasteiger partial charge < -0.3 is 5.43 Å². The van der Waals surface area contributed by atoms with Gasteiger partial charge in [-0.2, -0.15) is 0 Å². The van der Waals surface area contributed by atoms with E-state index in [1.54, 1.807) is 0 Å². The van der Waals surface area contributed by atoms with E-state index in [0.717, 1.165) is 5.70 Å². The lowest BCUT2D eigenvalue weighted by Gasteiger charge is -2.20. The van der Waals surface area contributed by atoms with Crippen LogP contribution in [0.2, 0.25) is 0 Å². The molecule has 148 valence electrons. The smallest absolute Gasteiger partial charge is 0.0487 e. The summed E-state index contributed by atoms with van der Waals surface area (Å²) in [4.78, 5) is 0. The molecule has 0 unspecified atom stereocenters. The van der Waals surface area contributed by atoms with E-state index in [-0.39, 0.29) is 0 Å². The van der Waals surface area contributed by atoms with E-state index in [9.17, 15) is 0 Å². The summed E-state index contributed by atoms with van der Waals surface area (Å²) in [6.45, 7) is 0. The summed E-state index contributed by atoms with van der Waals surface area (Å²) < 4.78 is 0. The van der Waals surface area contributed by atoms with Crippen LogP contribution >= 0.6 is 0 Å². The van der Waals surface area contributed by atoms with Gasteiger partial charge in [-0.3, -0.25) is 0 Å². The molecule has 0 spiro atoms. The van der Waals surface area contributed by atoms with Crippen LogP contribution in [0.25, 0.3) is 0 Å². The molecular formula is C25H38N2. The Morgan fingerprint density at radius 2 is 0.963 bits per heavy atom. The van der Waals surface area contributed by atoms with Gasteiger partial charge in [0.2, 0.25) is 0 Å². The van der Waals surface area contributed by atoms with Gasteiger partial charge in [-0.25, -0.2) is 5.43 Å². The number of hydrogen-bond acceptors (Lipinski definition) is 2. The molecule has 2 rings (SSSR count). The van der Waals surface area contributed by atoms with Crippen LogP contribution in [0.5, 0.6) is 0 Å². The van der Waals surface area contributed by atoms with Crippen molar-refractivity contribution >= 4 is 0 Å². The van der Waals surface area contributed by atoms with E-state index >= 15 is 0 Å². The van der Waals surface area contributed by atoms with Gasteiger partial charge in [0.25, 0.3) is 0 Å². The molecule has 0 bridgehead atoms. The molecule has 1 fully saturated rings. The lowest BCUT2D eigenvalue weighted by Crippen LogP contribution is -2.40. The molecule has 0 amide bonds. The molecule has 2 N–H and O–H groups in total. The predicted octanol–water partition coefficient (Wildman–Crippen LogP) is 6.82. The van der Waals surface area contributed by atoms with Gasteiger partial charge in [-0.15, -0.1) is 0 Å². The molecular weight excluding hydrogens is 328 g/mol. The van der Waals surface area contributed by atoms with Crippen LogP contribution in [-0.4, -0.2) is 6.04 Å². The van der Waals surface area contributed by atoms with Crippen LogP contribution in [0, 0.1) is 0 Å². The van der Waals surface area contributed by atoms with Crippen molar-refractivity contribution in [3.8, 4) is 0 Å². The maximum atomic E-state index is 3.61.